The highest BCUT2D eigenvalue weighted by Crippen LogP contribution is 2.29. The highest BCUT2D eigenvalue weighted by atomic mass is 19.4. The van der Waals surface area contributed by atoms with Crippen LogP contribution in [0.4, 0.5) is 18.9 Å². The highest BCUT2D eigenvalue weighted by molar-refractivity contribution is 5.96. The number of hydrogen-bond donors (Lipinski definition) is 1. The number of carbonyl (C=O) groups excluding carboxylic acids is 3. The lowest BCUT2D eigenvalue weighted by Gasteiger charge is -2.14. The van der Waals surface area contributed by atoms with E-state index in [1.807, 2.05) is 0 Å². The molecule has 2 aromatic carbocycles. The van der Waals surface area contributed by atoms with E-state index >= 15 is 0 Å². The predicted octanol–water partition coefficient (Wildman–Crippen LogP) is 4.25. The van der Waals surface area contributed by atoms with Gasteiger partial charge in [-0.05, 0) is 55.5 Å². The second kappa shape index (κ2) is 9.91. The highest BCUT2D eigenvalue weighted by Gasteiger charge is 2.30. The zero-order chi connectivity index (χ0) is 22.3. The first-order valence-electron chi connectivity index (χ1n) is 9.03. The smallest absolute Gasteiger partial charge is 0.416 e. The maximum atomic E-state index is 12.5. The molecule has 0 aliphatic carbocycles. The number of anilines is 1. The Morgan fingerprint density at radius 3 is 2.13 bits per heavy atom. The van der Waals surface area contributed by atoms with E-state index < -0.39 is 36.3 Å². The summed E-state index contributed by atoms with van der Waals surface area (Å²) < 4.78 is 47.9. The Labute approximate surface area is 171 Å². The minimum Gasteiger partial charge on any atom is -0.482 e. The summed E-state index contributed by atoms with van der Waals surface area (Å²) in [5.41, 5.74) is -0.181. The van der Waals surface area contributed by atoms with Gasteiger partial charge in [-0.1, -0.05) is 6.92 Å². The minimum atomic E-state index is -4.47. The van der Waals surface area contributed by atoms with Crippen LogP contribution < -0.4 is 10.1 Å². The molecule has 0 spiro atoms. The van der Waals surface area contributed by atoms with Crippen molar-refractivity contribution in [2.45, 2.75) is 32.5 Å². The Bertz CT molecular complexity index is 892. The molecule has 1 N–H and O–H groups in total. The molecule has 6 nitrogen and oxygen atoms in total. The number of hydrogen-bond acceptors (Lipinski definition) is 5. The van der Waals surface area contributed by atoms with Crippen LogP contribution in [-0.4, -0.2) is 30.4 Å². The van der Waals surface area contributed by atoms with Gasteiger partial charge in [0.2, 0.25) is 0 Å². The van der Waals surface area contributed by atoms with Gasteiger partial charge in [0.25, 0.3) is 5.91 Å². The molecule has 0 saturated carbocycles. The van der Waals surface area contributed by atoms with Gasteiger partial charge in [0.15, 0.2) is 18.5 Å². The van der Waals surface area contributed by atoms with E-state index in [0.29, 0.717) is 17.7 Å². The molecular formula is C21H20F3NO5. The van der Waals surface area contributed by atoms with Crippen LogP contribution in [0.2, 0.25) is 0 Å². The molecule has 2 rings (SSSR count). The molecular weight excluding hydrogens is 403 g/mol. The van der Waals surface area contributed by atoms with Crippen LogP contribution >= 0.6 is 0 Å². The summed E-state index contributed by atoms with van der Waals surface area (Å²) in [5, 5.41) is 2.37. The van der Waals surface area contributed by atoms with Gasteiger partial charge in [-0.15, -0.1) is 0 Å². The van der Waals surface area contributed by atoms with Crippen molar-refractivity contribution in [3.05, 3.63) is 59.7 Å². The molecule has 0 fully saturated rings. The standard InChI is InChI=1S/C21H20F3NO5/c1-3-18(26)14-4-10-17(11-5-14)29-12-19(27)30-13(2)20(28)25-16-8-6-15(7-9-16)21(22,23)24/h4-11,13H,3,12H2,1-2H3,(H,25,28). The number of amides is 1. The molecule has 2 aromatic rings. The number of carbonyl (C=O) groups is 3. The zero-order valence-electron chi connectivity index (χ0n) is 16.3. The Balaban J connectivity index is 1.81. The second-order valence-corrected chi connectivity index (χ2v) is 6.29. The van der Waals surface area contributed by atoms with Crippen molar-refractivity contribution in [2.24, 2.45) is 0 Å². The molecule has 1 atom stereocenters. The van der Waals surface area contributed by atoms with Crippen molar-refractivity contribution in [2.75, 3.05) is 11.9 Å². The van der Waals surface area contributed by atoms with Crippen LogP contribution in [-0.2, 0) is 20.5 Å². The SMILES string of the molecule is CCC(=O)c1ccc(OCC(=O)OC(C)C(=O)Nc2ccc(C(F)(F)F)cc2)cc1. The molecule has 0 saturated heterocycles. The summed E-state index contributed by atoms with van der Waals surface area (Å²) in [6, 6.07) is 10.1. The molecule has 1 unspecified atom stereocenters. The molecule has 0 aliphatic rings. The second-order valence-electron chi connectivity index (χ2n) is 6.29. The van der Waals surface area contributed by atoms with Gasteiger partial charge in [0.05, 0.1) is 5.56 Å². The molecule has 0 heterocycles. The van der Waals surface area contributed by atoms with E-state index in [9.17, 15) is 27.6 Å². The number of ketones is 1. The fourth-order valence-corrected chi connectivity index (χ4v) is 2.35. The van der Waals surface area contributed by atoms with Crippen LogP contribution in [0, 0.1) is 0 Å². The summed E-state index contributed by atoms with van der Waals surface area (Å²) in [7, 11) is 0. The van der Waals surface area contributed by atoms with E-state index in [2.05, 4.69) is 5.32 Å². The maximum Gasteiger partial charge on any atom is 0.416 e. The Kier molecular flexibility index (Phi) is 7.57. The Hall–Kier alpha value is -3.36. The van der Waals surface area contributed by atoms with Gasteiger partial charge in [-0.2, -0.15) is 13.2 Å². The number of halogens is 3. The molecule has 0 radical (unpaired) electrons. The van der Waals surface area contributed by atoms with Crippen LogP contribution in [0.3, 0.4) is 0 Å². The number of alkyl halides is 3. The van der Waals surface area contributed by atoms with Crippen molar-refractivity contribution in [3.8, 4) is 5.75 Å². The minimum absolute atomic E-state index is 0.0196. The maximum absolute atomic E-state index is 12.5. The van der Waals surface area contributed by atoms with E-state index in [0.717, 1.165) is 24.3 Å². The van der Waals surface area contributed by atoms with E-state index in [-0.39, 0.29) is 11.5 Å². The fourth-order valence-electron chi connectivity index (χ4n) is 2.35. The molecule has 0 aliphatic heterocycles. The van der Waals surface area contributed by atoms with Crippen LogP contribution in [0.25, 0.3) is 0 Å². The Morgan fingerprint density at radius 1 is 1.00 bits per heavy atom. The number of ether oxygens (including phenoxy) is 2. The quantitative estimate of drug-likeness (QED) is 0.507. The monoisotopic (exact) mass is 423 g/mol. The summed E-state index contributed by atoms with van der Waals surface area (Å²) in [6.07, 6.45) is -5.29. The lowest BCUT2D eigenvalue weighted by molar-refractivity contribution is -0.155. The van der Waals surface area contributed by atoms with E-state index in [1.165, 1.54) is 19.1 Å². The van der Waals surface area contributed by atoms with Gasteiger partial charge >= 0.3 is 12.1 Å². The molecule has 160 valence electrons. The first-order valence-corrected chi connectivity index (χ1v) is 9.03. The van der Waals surface area contributed by atoms with Crippen molar-refractivity contribution in [1.82, 2.24) is 0 Å². The Morgan fingerprint density at radius 2 is 1.60 bits per heavy atom. The number of rotatable bonds is 8. The van der Waals surface area contributed by atoms with E-state index in [4.69, 9.17) is 9.47 Å². The van der Waals surface area contributed by atoms with Crippen LogP contribution in [0.15, 0.2) is 48.5 Å². The zero-order valence-corrected chi connectivity index (χ0v) is 16.3. The number of Topliss-reactive ketones (excluding diaryl/α,β-unsaturated/α-hetero) is 1. The third kappa shape index (κ3) is 6.61. The summed E-state index contributed by atoms with van der Waals surface area (Å²) in [6.45, 7) is 2.61. The molecule has 30 heavy (non-hydrogen) atoms. The summed E-state index contributed by atoms with van der Waals surface area (Å²) >= 11 is 0. The number of nitrogens with one attached hydrogen (secondary N) is 1. The first kappa shape index (κ1) is 22.9. The van der Waals surface area contributed by atoms with Gasteiger partial charge < -0.3 is 14.8 Å². The topological polar surface area (TPSA) is 81.7 Å². The van der Waals surface area contributed by atoms with Crippen molar-refractivity contribution in [3.63, 3.8) is 0 Å². The third-order valence-corrected chi connectivity index (χ3v) is 4.01. The first-order chi connectivity index (χ1) is 14.1. The molecule has 9 heteroatoms. The van der Waals surface area contributed by atoms with Gasteiger partial charge in [0, 0.05) is 17.7 Å². The lowest BCUT2D eigenvalue weighted by atomic mass is 10.1. The lowest BCUT2D eigenvalue weighted by Crippen LogP contribution is -2.31. The third-order valence-electron chi connectivity index (χ3n) is 4.01. The van der Waals surface area contributed by atoms with E-state index in [1.54, 1.807) is 19.1 Å². The van der Waals surface area contributed by atoms with Gasteiger partial charge in [0.1, 0.15) is 5.75 Å². The summed E-state index contributed by atoms with van der Waals surface area (Å²) in [5.74, 6) is -1.18. The summed E-state index contributed by atoms with van der Waals surface area (Å²) in [4.78, 5) is 35.5. The van der Waals surface area contributed by atoms with Crippen molar-refractivity contribution < 1.29 is 37.0 Å². The van der Waals surface area contributed by atoms with Gasteiger partial charge in [-0.25, -0.2) is 4.79 Å². The van der Waals surface area contributed by atoms with Crippen LogP contribution in [0.1, 0.15) is 36.2 Å². The molecule has 0 aromatic heterocycles. The average molecular weight is 423 g/mol. The number of esters is 1. The van der Waals surface area contributed by atoms with Gasteiger partial charge in [-0.3, -0.25) is 9.59 Å². The predicted molar refractivity (Wildman–Crippen MR) is 102 cm³/mol. The fraction of sp³-hybridized carbons (Fsp3) is 0.286. The average Bonchev–Trinajstić information content (AvgIpc) is 2.71. The normalized spacial score (nSPS) is 12.0. The largest absolute Gasteiger partial charge is 0.482 e. The molecule has 0 bridgehead atoms. The number of benzene rings is 2. The molecule has 1 amide bonds. The van der Waals surface area contributed by atoms with Crippen molar-refractivity contribution >= 4 is 23.3 Å². The van der Waals surface area contributed by atoms with Crippen LogP contribution in [0.5, 0.6) is 5.75 Å². The van der Waals surface area contributed by atoms with Crippen molar-refractivity contribution in [1.29, 1.82) is 0 Å².